The van der Waals surface area contributed by atoms with Crippen LogP contribution in [0.1, 0.15) is 39.0 Å². The summed E-state index contributed by atoms with van der Waals surface area (Å²) in [5.41, 5.74) is 0.726. The molecule has 4 heteroatoms. The van der Waals surface area contributed by atoms with Crippen LogP contribution < -0.4 is 0 Å². The molecule has 0 unspecified atom stereocenters. The smallest absolute Gasteiger partial charge is 0.256 e. The molecule has 0 atom stereocenters. The summed E-state index contributed by atoms with van der Waals surface area (Å²) in [6.07, 6.45) is 11.3. The molecule has 0 aromatic carbocycles. The van der Waals surface area contributed by atoms with Gasteiger partial charge in [-0.1, -0.05) is 12.2 Å². The van der Waals surface area contributed by atoms with Crippen LogP contribution in [-0.4, -0.2) is 47.8 Å². The zero-order valence-electron chi connectivity index (χ0n) is 13.5. The normalized spacial score (nSPS) is 24.9. The molecule has 1 saturated carbocycles. The first kappa shape index (κ1) is 15.5. The van der Waals surface area contributed by atoms with E-state index < -0.39 is 0 Å². The molecule has 22 heavy (non-hydrogen) atoms. The predicted molar refractivity (Wildman–Crippen MR) is 86.1 cm³/mol. The maximum Gasteiger partial charge on any atom is 0.256 e. The Kier molecular flexibility index (Phi) is 4.77. The number of rotatable bonds is 4. The Morgan fingerprint density at radius 2 is 1.95 bits per heavy atom. The van der Waals surface area contributed by atoms with E-state index in [0.717, 1.165) is 43.8 Å². The molecule has 0 N–H and O–H groups in total. The fraction of sp³-hybridized carbons (Fsp3) is 0.667. The van der Waals surface area contributed by atoms with Gasteiger partial charge in [0.2, 0.25) is 0 Å². The number of hydrogen-bond acceptors (Lipinski definition) is 3. The van der Waals surface area contributed by atoms with Crippen molar-refractivity contribution >= 4 is 11.8 Å². The first-order valence-electron chi connectivity index (χ1n) is 8.56. The third-order valence-corrected chi connectivity index (χ3v) is 4.96. The number of hydrogen-bond donors (Lipinski definition) is 0. The van der Waals surface area contributed by atoms with Crippen molar-refractivity contribution in [3.8, 4) is 0 Å². The highest BCUT2D eigenvalue weighted by Crippen LogP contribution is 2.31. The Hall–Kier alpha value is -1.42. The molecule has 0 bridgehead atoms. The summed E-state index contributed by atoms with van der Waals surface area (Å²) in [5, 5.41) is 0. The molecule has 2 aliphatic heterocycles. The minimum Gasteiger partial charge on any atom is -0.303 e. The van der Waals surface area contributed by atoms with Crippen LogP contribution in [0.3, 0.4) is 0 Å². The second kappa shape index (κ2) is 6.78. The summed E-state index contributed by atoms with van der Waals surface area (Å²) in [6.45, 7) is 5.92. The van der Waals surface area contributed by atoms with Gasteiger partial charge >= 0.3 is 0 Å². The van der Waals surface area contributed by atoms with Crippen molar-refractivity contribution in [3.05, 3.63) is 23.8 Å². The van der Waals surface area contributed by atoms with E-state index in [9.17, 15) is 9.59 Å². The van der Waals surface area contributed by atoms with Gasteiger partial charge in [-0.05, 0) is 70.0 Å². The SMILES string of the molecule is C/C(=C\C1CCN(CC2CC2)CC1)C(=O)N1CCC=CC1=O. The second-order valence-electron chi connectivity index (χ2n) is 6.92. The topological polar surface area (TPSA) is 40.6 Å². The first-order valence-corrected chi connectivity index (χ1v) is 8.56. The lowest BCUT2D eigenvalue weighted by Gasteiger charge is -2.31. The van der Waals surface area contributed by atoms with Gasteiger partial charge in [-0.2, -0.15) is 0 Å². The molecule has 3 rings (SSSR count). The molecule has 1 saturated heterocycles. The maximum atomic E-state index is 12.4. The first-order chi connectivity index (χ1) is 10.6. The minimum absolute atomic E-state index is 0.116. The van der Waals surface area contributed by atoms with Crippen LogP contribution in [0.15, 0.2) is 23.8 Å². The molecule has 0 aromatic heterocycles. The van der Waals surface area contributed by atoms with Crippen molar-refractivity contribution < 1.29 is 9.59 Å². The number of carbonyl (C=O) groups is 2. The molecule has 120 valence electrons. The molecule has 1 aliphatic carbocycles. The Bertz CT molecular complexity index is 497. The second-order valence-corrected chi connectivity index (χ2v) is 6.92. The van der Waals surface area contributed by atoms with Crippen molar-refractivity contribution in [2.75, 3.05) is 26.2 Å². The summed E-state index contributed by atoms with van der Waals surface area (Å²) in [7, 11) is 0. The van der Waals surface area contributed by atoms with Gasteiger partial charge in [0.1, 0.15) is 0 Å². The average Bonchev–Trinajstić information content (AvgIpc) is 3.33. The number of nitrogens with zero attached hydrogens (tertiary/aromatic N) is 2. The van der Waals surface area contributed by atoms with E-state index in [1.54, 1.807) is 0 Å². The minimum atomic E-state index is -0.178. The molecular weight excluding hydrogens is 276 g/mol. The largest absolute Gasteiger partial charge is 0.303 e. The molecule has 2 amide bonds. The standard InChI is InChI=1S/C18H26N2O2/c1-14(18(22)20-9-3-2-4-17(20)21)12-15-7-10-19(11-8-15)13-16-5-6-16/h2,4,12,15-16H,3,5-11,13H2,1H3/b14-12+. The van der Waals surface area contributed by atoms with Crippen LogP contribution in [0.25, 0.3) is 0 Å². The van der Waals surface area contributed by atoms with Gasteiger partial charge in [0.05, 0.1) is 0 Å². The van der Waals surface area contributed by atoms with Crippen molar-refractivity contribution in [2.45, 2.75) is 39.0 Å². The number of likely N-dealkylation sites (tertiary alicyclic amines) is 1. The highest BCUT2D eigenvalue weighted by atomic mass is 16.2. The lowest BCUT2D eigenvalue weighted by molar-refractivity contribution is -0.139. The highest BCUT2D eigenvalue weighted by Gasteiger charge is 2.27. The van der Waals surface area contributed by atoms with E-state index in [1.807, 2.05) is 13.0 Å². The van der Waals surface area contributed by atoms with Gasteiger partial charge in [0, 0.05) is 18.7 Å². The lowest BCUT2D eigenvalue weighted by Crippen LogP contribution is -2.39. The van der Waals surface area contributed by atoms with Crippen molar-refractivity contribution in [3.63, 3.8) is 0 Å². The van der Waals surface area contributed by atoms with Crippen molar-refractivity contribution in [1.29, 1.82) is 0 Å². The van der Waals surface area contributed by atoms with Gasteiger partial charge in [0.25, 0.3) is 11.8 Å². The number of piperidine rings is 1. The lowest BCUT2D eigenvalue weighted by atomic mass is 9.94. The zero-order valence-corrected chi connectivity index (χ0v) is 13.5. The molecule has 3 aliphatic rings. The number of amides is 2. The van der Waals surface area contributed by atoms with E-state index in [-0.39, 0.29) is 11.8 Å². The summed E-state index contributed by atoms with van der Waals surface area (Å²) in [5.74, 6) is 1.14. The third kappa shape index (κ3) is 3.86. The van der Waals surface area contributed by atoms with E-state index in [2.05, 4.69) is 11.0 Å². The molecule has 0 spiro atoms. The third-order valence-electron chi connectivity index (χ3n) is 4.96. The molecule has 0 radical (unpaired) electrons. The Morgan fingerprint density at radius 3 is 2.59 bits per heavy atom. The fourth-order valence-corrected chi connectivity index (χ4v) is 3.40. The predicted octanol–water partition coefficient (Wildman–Crippen LogP) is 2.37. The van der Waals surface area contributed by atoms with Crippen LogP contribution in [-0.2, 0) is 9.59 Å². The number of carbonyl (C=O) groups excluding carboxylic acids is 2. The molecule has 4 nitrogen and oxygen atoms in total. The Balaban J connectivity index is 1.52. The number of imide groups is 1. The van der Waals surface area contributed by atoms with Gasteiger partial charge in [0.15, 0.2) is 0 Å². The monoisotopic (exact) mass is 302 g/mol. The molecule has 2 fully saturated rings. The van der Waals surface area contributed by atoms with Crippen molar-refractivity contribution in [2.24, 2.45) is 11.8 Å². The Morgan fingerprint density at radius 1 is 1.23 bits per heavy atom. The molecule has 2 heterocycles. The summed E-state index contributed by atoms with van der Waals surface area (Å²) >= 11 is 0. The molecular formula is C18H26N2O2. The highest BCUT2D eigenvalue weighted by molar-refractivity contribution is 6.07. The van der Waals surface area contributed by atoms with E-state index in [1.165, 1.54) is 30.4 Å². The van der Waals surface area contributed by atoms with Gasteiger partial charge in [-0.3, -0.25) is 14.5 Å². The van der Waals surface area contributed by atoms with Gasteiger partial charge < -0.3 is 4.90 Å². The van der Waals surface area contributed by atoms with Crippen molar-refractivity contribution in [1.82, 2.24) is 9.80 Å². The molecule has 0 aromatic rings. The Labute approximate surface area is 132 Å². The summed E-state index contributed by atoms with van der Waals surface area (Å²) in [4.78, 5) is 28.1. The summed E-state index contributed by atoms with van der Waals surface area (Å²) < 4.78 is 0. The van der Waals surface area contributed by atoms with Gasteiger partial charge in [-0.15, -0.1) is 0 Å². The van der Waals surface area contributed by atoms with Crippen LogP contribution in [0, 0.1) is 11.8 Å². The number of allylic oxidation sites excluding steroid dienone is 1. The quantitative estimate of drug-likeness (QED) is 0.749. The zero-order chi connectivity index (χ0) is 15.5. The van der Waals surface area contributed by atoms with Crippen LogP contribution in [0.2, 0.25) is 0 Å². The summed E-state index contributed by atoms with van der Waals surface area (Å²) in [6, 6.07) is 0. The van der Waals surface area contributed by atoms with Crippen LogP contribution >= 0.6 is 0 Å². The van der Waals surface area contributed by atoms with E-state index >= 15 is 0 Å². The van der Waals surface area contributed by atoms with E-state index in [0.29, 0.717) is 12.5 Å². The maximum absolute atomic E-state index is 12.4. The van der Waals surface area contributed by atoms with E-state index in [4.69, 9.17) is 0 Å². The average molecular weight is 302 g/mol. The fourth-order valence-electron chi connectivity index (χ4n) is 3.40. The van der Waals surface area contributed by atoms with Crippen LogP contribution in [0.5, 0.6) is 0 Å². The van der Waals surface area contributed by atoms with Crippen LogP contribution in [0.4, 0.5) is 0 Å². The van der Waals surface area contributed by atoms with Gasteiger partial charge in [-0.25, -0.2) is 0 Å².